The van der Waals surface area contributed by atoms with Crippen LogP contribution in [0.25, 0.3) is 5.69 Å². The van der Waals surface area contributed by atoms with Gasteiger partial charge < -0.3 is 10.2 Å². The van der Waals surface area contributed by atoms with E-state index in [1.54, 1.807) is 0 Å². The number of benzene rings is 1. The number of amides is 1. The zero-order valence-electron chi connectivity index (χ0n) is 14.9. The van der Waals surface area contributed by atoms with Crippen molar-refractivity contribution in [3.8, 4) is 5.69 Å². The summed E-state index contributed by atoms with van der Waals surface area (Å²) in [5, 5.41) is 7.69. The fourth-order valence-electron chi connectivity index (χ4n) is 2.87. The lowest BCUT2D eigenvalue weighted by atomic mass is 10.3. The van der Waals surface area contributed by atoms with E-state index in [4.69, 9.17) is 17.3 Å². The van der Waals surface area contributed by atoms with Crippen LogP contribution in [0.1, 0.15) is 37.9 Å². The van der Waals surface area contributed by atoms with Gasteiger partial charge in [0.05, 0.1) is 7.05 Å². The van der Waals surface area contributed by atoms with Crippen LogP contribution in [-0.4, -0.2) is 40.4 Å². The molecule has 1 heterocycles. The van der Waals surface area contributed by atoms with Crippen molar-refractivity contribution in [3.63, 3.8) is 0 Å². The Balaban J connectivity index is 1.79. The first-order valence-electron chi connectivity index (χ1n) is 8.93. The first kappa shape index (κ1) is 17.8. The van der Waals surface area contributed by atoms with Crippen LogP contribution >= 0.6 is 12.2 Å². The van der Waals surface area contributed by atoms with Gasteiger partial charge in [0, 0.05) is 18.2 Å². The summed E-state index contributed by atoms with van der Waals surface area (Å²) in [6.45, 7) is 3.77. The predicted molar refractivity (Wildman–Crippen MR) is 99.4 cm³/mol. The summed E-state index contributed by atoms with van der Waals surface area (Å²) in [6, 6.07) is 10.1. The van der Waals surface area contributed by atoms with E-state index in [2.05, 4.69) is 22.0 Å². The van der Waals surface area contributed by atoms with Gasteiger partial charge in [0.1, 0.15) is 5.82 Å². The van der Waals surface area contributed by atoms with E-state index < -0.39 is 0 Å². The number of aromatic nitrogens is 3. The van der Waals surface area contributed by atoms with Crippen molar-refractivity contribution in [2.24, 2.45) is 0 Å². The molecule has 1 aliphatic carbocycles. The number of nitrogens with one attached hydrogen (secondary N) is 2. The Bertz CT molecular complexity index is 779. The molecule has 1 aromatic carbocycles. The lowest BCUT2D eigenvalue weighted by Crippen LogP contribution is -3.09. The Morgan fingerprint density at radius 2 is 2.08 bits per heavy atom. The average molecular weight is 361 g/mol. The van der Waals surface area contributed by atoms with Crippen molar-refractivity contribution in [3.05, 3.63) is 40.9 Å². The van der Waals surface area contributed by atoms with Gasteiger partial charge in [-0.05, 0) is 43.6 Å². The number of carbonyl (C=O) groups excluding carboxylic acids is 1. The van der Waals surface area contributed by atoms with Gasteiger partial charge in [-0.1, -0.05) is 25.1 Å². The highest BCUT2D eigenvalue weighted by Gasteiger charge is 2.31. The molecule has 0 spiro atoms. The molecule has 0 saturated heterocycles. The van der Waals surface area contributed by atoms with Gasteiger partial charge in [-0.15, -0.1) is 0 Å². The lowest BCUT2D eigenvalue weighted by molar-refractivity contribution is -0.895. The molecule has 1 saturated carbocycles. The summed E-state index contributed by atoms with van der Waals surface area (Å²) in [5.74, 6) is 1.60. The first-order chi connectivity index (χ1) is 12.1. The smallest absolute Gasteiger partial charge is 0.275 e. The standard InChI is InChI=1S/C18H25N5OS/c1-3-11-19-16(24)12-21(2)13-22-18(25)23(15-7-5-4-6-8-15)17(20-22)14-9-10-14/h4-8,14H,3,9-13H2,1-2H3,(H,19,24)/p+1. The van der Waals surface area contributed by atoms with Crippen LogP contribution in [0.2, 0.25) is 0 Å². The summed E-state index contributed by atoms with van der Waals surface area (Å²) in [5.41, 5.74) is 1.05. The van der Waals surface area contributed by atoms with Crippen LogP contribution in [0.5, 0.6) is 0 Å². The fraction of sp³-hybridized carbons (Fsp3) is 0.500. The number of nitrogens with zero attached hydrogens (tertiary/aromatic N) is 3. The third kappa shape index (κ3) is 4.35. The van der Waals surface area contributed by atoms with Gasteiger partial charge in [-0.2, -0.15) is 9.78 Å². The number of hydrogen-bond acceptors (Lipinski definition) is 3. The maximum Gasteiger partial charge on any atom is 0.275 e. The van der Waals surface area contributed by atoms with Crippen LogP contribution in [0.15, 0.2) is 30.3 Å². The molecular formula is C18H26N5OS+. The molecule has 0 aliphatic heterocycles. The molecule has 1 fully saturated rings. The highest BCUT2D eigenvalue weighted by Crippen LogP contribution is 2.40. The van der Waals surface area contributed by atoms with Crippen molar-refractivity contribution in [2.75, 3.05) is 20.1 Å². The Morgan fingerprint density at radius 1 is 1.36 bits per heavy atom. The third-order valence-corrected chi connectivity index (χ3v) is 4.67. The van der Waals surface area contributed by atoms with Crippen molar-refractivity contribution in [1.82, 2.24) is 19.7 Å². The van der Waals surface area contributed by atoms with Gasteiger partial charge >= 0.3 is 0 Å². The second-order valence-electron chi connectivity index (χ2n) is 6.73. The quantitative estimate of drug-likeness (QED) is 0.698. The second-order valence-corrected chi connectivity index (χ2v) is 7.09. The molecule has 25 heavy (non-hydrogen) atoms. The van der Waals surface area contributed by atoms with Crippen molar-refractivity contribution >= 4 is 18.1 Å². The highest BCUT2D eigenvalue weighted by atomic mass is 32.1. The van der Waals surface area contributed by atoms with Gasteiger partial charge in [-0.25, -0.2) is 0 Å². The van der Waals surface area contributed by atoms with Crippen molar-refractivity contribution in [1.29, 1.82) is 0 Å². The van der Waals surface area contributed by atoms with Gasteiger partial charge in [0.2, 0.25) is 4.77 Å². The third-order valence-electron chi connectivity index (χ3n) is 4.28. The second kappa shape index (κ2) is 7.93. The first-order valence-corrected chi connectivity index (χ1v) is 9.34. The normalized spacial score (nSPS) is 15.1. The van der Waals surface area contributed by atoms with E-state index in [0.29, 0.717) is 23.9 Å². The zero-order chi connectivity index (χ0) is 17.8. The zero-order valence-corrected chi connectivity index (χ0v) is 15.7. The molecule has 2 N–H and O–H groups in total. The van der Waals surface area contributed by atoms with E-state index >= 15 is 0 Å². The summed E-state index contributed by atoms with van der Waals surface area (Å²) in [4.78, 5) is 13.0. The molecule has 3 rings (SSSR count). The fourth-order valence-corrected chi connectivity index (χ4v) is 3.17. The molecule has 0 bridgehead atoms. The Labute approximate surface area is 153 Å². The molecule has 1 aliphatic rings. The van der Waals surface area contributed by atoms with E-state index in [1.165, 1.54) is 12.8 Å². The summed E-state index contributed by atoms with van der Waals surface area (Å²) < 4.78 is 4.64. The van der Waals surface area contributed by atoms with Crippen molar-refractivity contribution < 1.29 is 9.69 Å². The summed E-state index contributed by atoms with van der Waals surface area (Å²) in [7, 11) is 1.99. The molecule has 2 aromatic rings. The van der Waals surface area contributed by atoms with Crippen LogP contribution in [0.3, 0.4) is 0 Å². The summed E-state index contributed by atoms with van der Waals surface area (Å²) in [6.07, 6.45) is 3.28. The van der Waals surface area contributed by atoms with Gasteiger partial charge in [0.25, 0.3) is 5.91 Å². The van der Waals surface area contributed by atoms with Crippen molar-refractivity contribution in [2.45, 2.75) is 38.8 Å². The number of quaternary nitrogens is 1. The highest BCUT2D eigenvalue weighted by molar-refractivity contribution is 7.71. The van der Waals surface area contributed by atoms with E-state index in [0.717, 1.165) is 29.4 Å². The topological polar surface area (TPSA) is 56.3 Å². The Morgan fingerprint density at radius 3 is 2.72 bits per heavy atom. The van der Waals surface area contributed by atoms with Crippen LogP contribution in [0.4, 0.5) is 0 Å². The number of rotatable bonds is 8. The molecule has 1 aromatic heterocycles. The minimum atomic E-state index is 0.0655. The minimum absolute atomic E-state index is 0.0655. The predicted octanol–water partition coefficient (Wildman–Crippen LogP) is 1.28. The van der Waals surface area contributed by atoms with E-state index in [9.17, 15) is 4.79 Å². The molecule has 0 radical (unpaired) electrons. The molecule has 7 heteroatoms. The minimum Gasteiger partial charge on any atom is -0.351 e. The average Bonchev–Trinajstić information content (AvgIpc) is 3.39. The molecular weight excluding hydrogens is 334 g/mol. The molecule has 6 nitrogen and oxygen atoms in total. The monoisotopic (exact) mass is 360 g/mol. The van der Waals surface area contributed by atoms with Gasteiger partial charge in [0.15, 0.2) is 13.2 Å². The van der Waals surface area contributed by atoms with E-state index in [-0.39, 0.29) is 5.91 Å². The maximum absolute atomic E-state index is 11.9. The van der Waals surface area contributed by atoms with Crippen LogP contribution in [0, 0.1) is 4.77 Å². The van der Waals surface area contributed by atoms with Crippen LogP contribution in [-0.2, 0) is 11.5 Å². The van der Waals surface area contributed by atoms with Gasteiger partial charge in [-0.3, -0.25) is 9.36 Å². The molecule has 1 amide bonds. The SMILES string of the molecule is CCCNC(=O)C[NH+](C)Cn1nc(C2CC2)n(-c2ccccc2)c1=S. The molecule has 1 atom stereocenters. The van der Waals surface area contributed by atoms with E-state index in [1.807, 2.05) is 36.9 Å². The van der Waals surface area contributed by atoms with Crippen LogP contribution < -0.4 is 10.2 Å². The lowest BCUT2D eigenvalue weighted by Gasteiger charge is -2.13. The molecule has 134 valence electrons. The Kier molecular flexibility index (Phi) is 5.65. The number of likely N-dealkylation sites (N-methyl/N-ethyl adjacent to an activating group) is 1. The Hall–Kier alpha value is -1.99. The molecule has 1 unspecified atom stereocenters. The number of carbonyl (C=O) groups is 1. The number of para-hydroxylation sites is 1. The largest absolute Gasteiger partial charge is 0.351 e. The number of hydrogen-bond donors (Lipinski definition) is 2. The summed E-state index contributed by atoms with van der Waals surface area (Å²) >= 11 is 5.69. The maximum atomic E-state index is 11.9.